The van der Waals surface area contributed by atoms with Crippen molar-refractivity contribution >= 4 is 22.5 Å². The molecule has 0 saturated heterocycles. The fourth-order valence-corrected chi connectivity index (χ4v) is 9.14. The van der Waals surface area contributed by atoms with Gasteiger partial charge in [-0.1, -0.05) is 188 Å². The number of benzene rings is 8. The number of pyridine rings is 1. The first-order chi connectivity index (χ1) is 29.2. The Morgan fingerprint density at radius 3 is 1.44 bits per heavy atom. The average molecular weight is 771 g/mol. The zero-order valence-electron chi connectivity index (χ0n) is 31.8. The van der Waals surface area contributed by atoms with Gasteiger partial charge in [0.1, 0.15) is 5.03 Å². The maximum Gasteiger partial charge on any atom is 0.164 e. The minimum absolute atomic E-state index is 0.621. The van der Waals surface area contributed by atoms with Crippen LogP contribution in [0.3, 0.4) is 0 Å². The molecular formula is C54H34N4S. The molecule has 0 amide bonds. The average Bonchev–Trinajstić information content (AvgIpc) is 3.32. The van der Waals surface area contributed by atoms with E-state index < -0.39 is 0 Å². The molecule has 0 bridgehead atoms. The third-order valence-electron chi connectivity index (χ3n) is 11.0. The third kappa shape index (κ3) is 6.58. The number of fused-ring (bicyclic) bond motifs is 2. The molecule has 0 spiro atoms. The van der Waals surface area contributed by atoms with E-state index in [4.69, 9.17) is 19.9 Å². The molecule has 0 aliphatic carbocycles. The summed E-state index contributed by atoms with van der Waals surface area (Å²) in [6, 6.07) is 70.4. The van der Waals surface area contributed by atoms with Gasteiger partial charge in [-0.2, -0.15) is 0 Å². The first kappa shape index (κ1) is 34.8. The second-order valence-corrected chi connectivity index (χ2v) is 15.7. The van der Waals surface area contributed by atoms with E-state index in [9.17, 15) is 0 Å². The van der Waals surface area contributed by atoms with Crippen LogP contribution in [0.25, 0.3) is 101 Å². The van der Waals surface area contributed by atoms with Crippen LogP contribution >= 0.6 is 11.8 Å². The van der Waals surface area contributed by atoms with E-state index in [-0.39, 0.29) is 0 Å². The topological polar surface area (TPSA) is 51.6 Å². The molecule has 10 aromatic rings. The molecule has 0 saturated carbocycles. The van der Waals surface area contributed by atoms with Crippen molar-refractivity contribution in [2.24, 2.45) is 0 Å². The Hall–Kier alpha value is -7.47. The molecule has 0 radical (unpaired) electrons. The van der Waals surface area contributed by atoms with Crippen molar-refractivity contribution < 1.29 is 0 Å². The summed E-state index contributed by atoms with van der Waals surface area (Å²) in [6.07, 6.45) is 1.88. The fourth-order valence-electron chi connectivity index (χ4n) is 8.07. The van der Waals surface area contributed by atoms with Crippen LogP contribution < -0.4 is 0 Å². The van der Waals surface area contributed by atoms with Gasteiger partial charge in [-0.25, -0.2) is 19.9 Å². The predicted octanol–water partition coefficient (Wildman–Crippen LogP) is 14.2. The Morgan fingerprint density at radius 1 is 0.322 bits per heavy atom. The predicted molar refractivity (Wildman–Crippen MR) is 243 cm³/mol. The van der Waals surface area contributed by atoms with Gasteiger partial charge < -0.3 is 0 Å². The van der Waals surface area contributed by atoms with Crippen LogP contribution in [0, 0.1) is 0 Å². The highest BCUT2D eigenvalue weighted by Gasteiger charge is 2.23. The number of hydrogen-bond acceptors (Lipinski definition) is 5. The summed E-state index contributed by atoms with van der Waals surface area (Å²) in [5, 5.41) is 3.57. The van der Waals surface area contributed by atoms with Crippen LogP contribution in [0.5, 0.6) is 0 Å². The van der Waals surface area contributed by atoms with Crippen molar-refractivity contribution in [3.8, 4) is 89.8 Å². The summed E-state index contributed by atoms with van der Waals surface area (Å²) in [4.78, 5) is 21.3. The van der Waals surface area contributed by atoms with Crippen molar-refractivity contribution in [3.05, 3.63) is 206 Å². The Balaban J connectivity index is 0.999. The Bertz CT molecular complexity index is 3060. The van der Waals surface area contributed by atoms with Crippen molar-refractivity contribution in [2.75, 3.05) is 0 Å². The van der Waals surface area contributed by atoms with E-state index in [2.05, 4.69) is 182 Å². The molecule has 11 rings (SSSR count). The molecule has 0 unspecified atom stereocenters. The molecule has 8 aromatic carbocycles. The molecule has 3 heterocycles. The van der Waals surface area contributed by atoms with Crippen LogP contribution in [0.1, 0.15) is 0 Å². The molecule has 0 fully saturated rings. The normalized spacial score (nSPS) is 11.7. The van der Waals surface area contributed by atoms with E-state index >= 15 is 0 Å². The highest BCUT2D eigenvalue weighted by atomic mass is 32.2. The smallest absolute Gasteiger partial charge is 0.164 e. The standard InChI is InChI=1S/C54H34N4S/c1-3-11-35(12-4-1)37-22-26-40(27-23-37)51-56-52(41-28-24-38(25-29-41)36-13-5-2-6-14-36)58-53(57-51)45-19-8-17-43(34-45)42-16-7-18-44(33-42)46-31-30-39-15-9-21-48-49(39)50(46)47-20-10-32-55-54(47)59-48/h1-34H. The van der Waals surface area contributed by atoms with E-state index in [1.54, 1.807) is 11.8 Å². The van der Waals surface area contributed by atoms with Gasteiger partial charge >= 0.3 is 0 Å². The molecule has 276 valence electrons. The molecule has 0 atom stereocenters. The van der Waals surface area contributed by atoms with E-state index in [1.807, 2.05) is 24.4 Å². The Morgan fingerprint density at radius 2 is 0.814 bits per heavy atom. The highest BCUT2D eigenvalue weighted by Crippen LogP contribution is 2.50. The van der Waals surface area contributed by atoms with E-state index in [1.165, 1.54) is 43.5 Å². The molecule has 2 aromatic heterocycles. The summed E-state index contributed by atoms with van der Waals surface area (Å²) in [6.45, 7) is 0. The number of hydrogen-bond donors (Lipinski definition) is 0. The maximum absolute atomic E-state index is 5.12. The molecule has 1 aliphatic heterocycles. The Kier molecular flexibility index (Phi) is 8.72. The maximum atomic E-state index is 5.12. The summed E-state index contributed by atoms with van der Waals surface area (Å²) in [5.74, 6) is 1.87. The number of nitrogens with zero attached hydrogens (tertiary/aromatic N) is 4. The summed E-state index contributed by atoms with van der Waals surface area (Å²) in [5.41, 5.74) is 14.4. The monoisotopic (exact) mass is 770 g/mol. The quantitative estimate of drug-likeness (QED) is 0.162. The molecular weight excluding hydrogens is 737 g/mol. The van der Waals surface area contributed by atoms with Crippen molar-refractivity contribution in [3.63, 3.8) is 0 Å². The lowest BCUT2D eigenvalue weighted by atomic mass is 9.89. The lowest BCUT2D eigenvalue weighted by Gasteiger charge is -2.22. The first-order valence-corrected chi connectivity index (χ1v) is 20.5. The minimum Gasteiger partial charge on any atom is -0.249 e. The van der Waals surface area contributed by atoms with Gasteiger partial charge in [-0.15, -0.1) is 0 Å². The van der Waals surface area contributed by atoms with Gasteiger partial charge in [-0.3, -0.25) is 0 Å². The largest absolute Gasteiger partial charge is 0.249 e. The summed E-state index contributed by atoms with van der Waals surface area (Å²) < 4.78 is 0. The van der Waals surface area contributed by atoms with Crippen LogP contribution in [0.2, 0.25) is 0 Å². The molecule has 1 aliphatic rings. The number of aromatic nitrogens is 4. The van der Waals surface area contributed by atoms with Crippen LogP contribution in [0.15, 0.2) is 216 Å². The Labute approximate surface area is 347 Å². The van der Waals surface area contributed by atoms with Gasteiger partial charge in [-0.05, 0) is 74.2 Å². The minimum atomic E-state index is 0.621. The van der Waals surface area contributed by atoms with Gasteiger partial charge in [0.15, 0.2) is 17.5 Å². The zero-order valence-corrected chi connectivity index (χ0v) is 32.6. The molecule has 0 N–H and O–H groups in total. The van der Waals surface area contributed by atoms with Gasteiger partial charge in [0.2, 0.25) is 0 Å². The second kappa shape index (κ2) is 14.8. The highest BCUT2D eigenvalue weighted by molar-refractivity contribution is 7.99. The van der Waals surface area contributed by atoms with Gasteiger partial charge in [0.05, 0.1) is 0 Å². The first-order valence-electron chi connectivity index (χ1n) is 19.7. The van der Waals surface area contributed by atoms with E-state index in [0.29, 0.717) is 17.5 Å². The van der Waals surface area contributed by atoms with E-state index in [0.717, 1.165) is 49.5 Å². The van der Waals surface area contributed by atoms with Crippen LogP contribution in [0.4, 0.5) is 0 Å². The summed E-state index contributed by atoms with van der Waals surface area (Å²) >= 11 is 1.75. The summed E-state index contributed by atoms with van der Waals surface area (Å²) in [7, 11) is 0. The van der Waals surface area contributed by atoms with Crippen LogP contribution in [-0.2, 0) is 0 Å². The molecule has 4 nitrogen and oxygen atoms in total. The van der Waals surface area contributed by atoms with Crippen LogP contribution in [-0.4, -0.2) is 19.9 Å². The molecule has 59 heavy (non-hydrogen) atoms. The lowest BCUT2D eigenvalue weighted by molar-refractivity contribution is 1.07. The van der Waals surface area contributed by atoms with Crippen molar-refractivity contribution in [1.82, 2.24) is 19.9 Å². The SMILES string of the molecule is c1ccc(-c2ccc(-c3nc(-c4ccc(-c5ccccc5)cc4)nc(-c4cccc(-c5cccc(-c6ccc7cccc8c7c6-c6cccnc6S8)c5)c4)n3)cc2)cc1. The van der Waals surface area contributed by atoms with Crippen molar-refractivity contribution in [1.29, 1.82) is 0 Å². The molecule has 5 heteroatoms. The lowest BCUT2D eigenvalue weighted by Crippen LogP contribution is -2.00. The fraction of sp³-hybridized carbons (Fsp3) is 0. The third-order valence-corrected chi connectivity index (χ3v) is 12.1. The van der Waals surface area contributed by atoms with Gasteiger partial charge in [0.25, 0.3) is 0 Å². The number of rotatable bonds is 7. The van der Waals surface area contributed by atoms with Crippen molar-refractivity contribution in [2.45, 2.75) is 9.92 Å². The van der Waals surface area contributed by atoms with Gasteiger partial charge in [0, 0.05) is 44.3 Å². The zero-order chi connectivity index (χ0) is 39.1. The second-order valence-electron chi connectivity index (χ2n) is 14.7.